The molecule has 0 radical (unpaired) electrons. The van der Waals surface area contributed by atoms with Gasteiger partial charge in [0.1, 0.15) is 5.82 Å². The fraction of sp³-hybridized carbons (Fsp3) is 0.385. The molecule has 86 valence electrons. The molecule has 0 bridgehead atoms. The molecule has 1 atom stereocenters. The minimum atomic E-state index is -0.152. The van der Waals surface area contributed by atoms with Crippen LogP contribution in [0.1, 0.15) is 31.4 Å². The van der Waals surface area contributed by atoms with Crippen molar-refractivity contribution < 1.29 is 4.39 Å². The fourth-order valence-electron chi connectivity index (χ4n) is 2.05. The summed E-state index contributed by atoms with van der Waals surface area (Å²) in [5.41, 5.74) is 0.732. The van der Waals surface area contributed by atoms with Crippen LogP contribution in [0.25, 0.3) is 0 Å². The lowest BCUT2D eigenvalue weighted by atomic mass is 10.1. The number of halogens is 2. The van der Waals surface area contributed by atoms with E-state index in [-0.39, 0.29) is 11.9 Å². The first-order valence-corrected chi connectivity index (χ1v) is 6.32. The molecule has 0 saturated heterocycles. The maximum Gasteiger partial charge on any atom is 0.129 e. The van der Waals surface area contributed by atoms with E-state index in [2.05, 4.69) is 33.4 Å². The first-order valence-electron chi connectivity index (χ1n) is 5.53. The Balaban J connectivity index is 2.05. The molecule has 0 fully saturated rings. The molecular weight excluding hydrogens is 269 g/mol. The SMILES string of the molecule is CC(NC1CC=CC1)c1ccc(Br)cc1F. The molecule has 0 aromatic heterocycles. The number of hydrogen-bond donors (Lipinski definition) is 1. The zero-order valence-electron chi connectivity index (χ0n) is 9.21. The summed E-state index contributed by atoms with van der Waals surface area (Å²) in [6.07, 6.45) is 6.43. The van der Waals surface area contributed by atoms with Gasteiger partial charge in [0.25, 0.3) is 0 Å². The van der Waals surface area contributed by atoms with Crippen molar-refractivity contribution in [1.82, 2.24) is 5.32 Å². The Morgan fingerprint density at radius 3 is 2.69 bits per heavy atom. The zero-order valence-corrected chi connectivity index (χ0v) is 10.8. The van der Waals surface area contributed by atoms with Crippen LogP contribution < -0.4 is 5.32 Å². The van der Waals surface area contributed by atoms with Gasteiger partial charge in [0.05, 0.1) is 0 Å². The lowest BCUT2D eigenvalue weighted by Gasteiger charge is -2.20. The van der Waals surface area contributed by atoms with Gasteiger partial charge in [-0.15, -0.1) is 0 Å². The van der Waals surface area contributed by atoms with Gasteiger partial charge in [-0.2, -0.15) is 0 Å². The van der Waals surface area contributed by atoms with Gasteiger partial charge in [0, 0.05) is 22.1 Å². The Labute approximate surface area is 104 Å². The highest BCUT2D eigenvalue weighted by molar-refractivity contribution is 9.10. The molecule has 1 aromatic carbocycles. The second kappa shape index (κ2) is 5.11. The van der Waals surface area contributed by atoms with Gasteiger partial charge in [0.2, 0.25) is 0 Å². The first kappa shape index (κ1) is 11.8. The van der Waals surface area contributed by atoms with Crippen molar-refractivity contribution in [3.63, 3.8) is 0 Å². The Morgan fingerprint density at radius 2 is 2.06 bits per heavy atom. The molecule has 0 heterocycles. The minimum absolute atomic E-state index is 0.0537. The van der Waals surface area contributed by atoms with Gasteiger partial charge in [-0.1, -0.05) is 34.1 Å². The van der Waals surface area contributed by atoms with Crippen LogP contribution in [-0.4, -0.2) is 6.04 Å². The van der Waals surface area contributed by atoms with Crippen molar-refractivity contribution in [2.24, 2.45) is 0 Å². The van der Waals surface area contributed by atoms with Crippen molar-refractivity contribution in [2.45, 2.75) is 31.8 Å². The van der Waals surface area contributed by atoms with E-state index in [1.54, 1.807) is 0 Å². The third-order valence-electron chi connectivity index (χ3n) is 2.92. The predicted molar refractivity (Wildman–Crippen MR) is 67.8 cm³/mol. The van der Waals surface area contributed by atoms with Crippen molar-refractivity contribution in [3.05, 3.63) is 46.2 Å². The summed E-state index contributed by atoms with van der Waals surface area (Å²) in [6.45, 7) is 2.00. The molecule has 2 rings (SSSR count). The standard InChI is InChI=1S/C13H15BrFN/c1-9(16-11-4-2-3-5-11)12-7-6-10(14)8-13(12)15/h2-3,6-9,11,16H,4-5H2,1H3. The lowest BCUT2D eigenvalue weighted by Crippen LogP contribution is -2.29. The van der Waals surface area contributed by atoms with Crippen LogP contribution in [0.4, 0.5) is 4.39 Å². The van der Waals surface area contributed by atoms with Gasteiger partial charge in [-0.25, -0.2) is 4.39 Å². The summed E-state index contributed by atoms with van der Waals surface area (Å²) in [4.78, 5) is 0. The lowest BCUT2D eigenvalue weighted by molar-refractivity contribution is 0.455. The van der Waals surface area contributed by atoms with Crippen molar-refractivity contribution >= 4 is 15.9 Å². The average molecular weight is 284 g/mol. The number of hydrogen-bond acceptors (Lipinski definition) is 1. The molecule has 0 amide bonds. The topological polar surface area (TPSA) is 12.0 Å². The second-order valence-electron chi connectivity index (χ2n) is 4.19. The van der Waals surface area contributed by atoms with Crippen molar-refractivity contribution in [3.8, 4) is 0 Å². The molecule has 1 unspecified atom stereocenters. The monoisotopic (exact) mass is 283 g/mol. The van der Waals surface area contributed by atoms with Crippen molar-refractivity contribution in [2.75, 3.05) is 0 Å². The molecular formula is C13H15BrFN. The van der Waals surface area contributed by atoms with Gasteiger partial charge in [0.15, 0.2) is 0 Å². The molecule has 0 aliphatic heterocycles. The number of benzene rings is 1. The van der Waals surface area contributed by atoms with E-state index in [0.29, 0.717) is 6.04 Å². The van der Waals surface area contributed by atoms with Crippen molar-refractivity contribution in [1.29, 1.82) is 0 Å². The van der Waals surface area contributed by atoms with Crippen LogP contribution in [0.3, 0.4) is 0 Å². The highest BCUT2D eigenvalue weighted by Gasteiger charge is 2.16. The maximum absolute atomic E-state index is 13.7. The van der Waals surface area contributed by atoms with E-state index in [0.717, 1.165) is 22.9 Å². The quantitative estimate of drug-likeness (QED) is 0.828. The second-order valence-corrected chi connectivity index (χ2v) is 5.11. The van der Waals surface area contributed by atoms with Crippen LogP contribution in [0.2, 0.25) is 0 Å². The van der Waals surface area contributed by atoms with Gasteiger partial charge >= 0.3 is 0 Å². The molecule has 1 aliphatic carbocycles. The molecule has 0 saturated carbocycles. The summed E-state index contributed by atoms with van der Waals surface area (Å²) in [5.74, 6) is -0.152. The Morgan fingerprint density at radius 1 is 1.38 bits per heavy atom. The highest BCUT2D eigenvalue weighted by Crippen LogP contribution is 2.22. The Kier molecular flexibility index (Phi) is 3.77. The Bertz CT molecular complexity index is 395. The van der Waals surface area contributed by atoms with E-state index in [4.69, 9.17) is 0 Å². The van der Waals surface area contributed by atoms with E-state index >= 15 is 0 Å². The van der Waals surface area contributed by atoms with Gasteiger partial charge in [-0.3, -0.25) is 0 Å². The highest BCUT2D eigenvalue weighted by atomic mass is 79.9. The van der Waals surface area contributed by atoms with Crippen LogP contribution in [0.15, 0.2) is 34.8 Å². The molecule has 1 aromatic rings. The predicted octanol–water partition coefficient (Wildman–Crippen LogP) is 3.96. The van der Waals surface area contributed by atoms with Crippen LogP contribution >= 0.6 is 15.9 Å². The van der Waals surface area contributed by atoms with Crippen LogP contribution in [0.5, 0.6) is 0 Å². The maximum atomic E-state index is 13.7. The van der Waals surface area contributed by atoms with E-state index in [1.165, 1.54) is 6.07 Å². The minimum Gasteiger partial charge on any atom is -0.307 e. The molecule has 1 nitrogen and oxygen atoms in total. The fourth-order valence-corrected chi connectivity index (χ4v) is 2.38. The number of rotatable bonds is 3. The summed E-state index contributed by atoms with van der Waals surface area (Å²) in [5, 5.41) is 3.44. The van der Waals surface area contributed by atoms with E-state index in [9.17, 15) is 4.39 Å². The number of nitrogens with one attached hydrogen (secondary N) is 1. The zero-order chi connectivity index (χ0) is 11.5. The Hall–Kier alpha value is -0.670. The summed E-state index contributed by atoms with van der Waals surface area (Å²) in [7, 11) is 0. The molecule has 16 heavy (non-hydrogen) atoms. The normalized spacial score (nSPS) is 17.9. The van der Waals surface area contributed by atoms with E-state index in [1.807, 2.05) is 19.1 Å². The molecule has 0 spiro atoms. The van der Waals surface area contributed by atoms with Gasteiger partial charge < -0.3 is 5.32 Å². The van der Waals surface area contributed by atoms with E-state index < -0.39 is 0 Å². The molecule has 3 heteroatoms. The van der Waals surface area contributed by atoms with Gasteiger partial charge in [-0.05, 0) is 31.9 Å². The summed E-state index contributed by atoms with van der Waals surface area (Å²) in [6, 6.07) is 5.74. The molecule has 1 N–H and O–H groups in total. The van der Waals surface area contributed by atoms with Crippen LogP contribution in [-0.2, 0) is 0 Å². The third-order valence-corrected chi connectivity index (χ3v) is 3.42. The summed E-state index contributed by atoms with van der Waals surface area (Å²) < 4.78 is 14.5. The summed E-state index contributed by atoms with van der Waals surface area (Å²) >= 11 is 3.26. The average Bonchev–Trinajstić information content (AvgIpc) is 2.70. The largest absolute Gasteiger partial charge is 0.307 e. The van der Waals surface area contributed by atoms with Crippen LogP contribution in [0, 0.1) is 5.82 Å². The molecule has 1 aliphatic rings. The smallest absolute Gasteiger partial charge is 0.129 e. The third kappa shape index (κ3) is 2.71. The first-order chi connectivity index (χ1) is 7.66.